The summed E-state index contributed by atoms with van der Waals surface area (Å²) in [4.78, 5) is 22.5. The first-order valence-corrected chi connectivity index (χ1v) is 9.67. The van der Waals surface area contributed by atoms with Crippen LogP contribution < -0.4 is 9.62 Å². The fraction of sp³-hybridized carbons (Fsp3) is 0.235. The van der Waals surface area contributed by atoms with Crippen molar-refractivity contribution in [1.82, 2.24) is 5.32 Å². The highest BCUT2D eigenvalue weighted by Gasteiger charge is 2.24. The van der Waals surface area contributed by atoms with E-state index in [1.54, 1.807) is 13.0 Å². The molecule has 0 saturated carbocycles. The SMILES string of the molecule is Cc1ccc([N+](=O)[O-])cc1N(CC(=O)NCc1ccccc1F)S(C)(=O)=O. The molecule has 0 aliphatic heterocycles. The van der Waals surface area contributed by atoms with Crippen LogP contribution in [0, 0.1) is 22.9 Å². The Morgan fingerprint density at radius 1 is 1.26 bits per heavy atom. The molecule has 0 spiro atoms. The van der Waals surface area contributed by atoms with E-state index < -0.39 is 33.2 Å². The number of nitro benzene ring substituents is 1. The van der Waals surface area contributed by atoms with Crippen molar-refractivity contribution < 1.29 is 22.5 Å². The van der Waals surface area contributed by atoms with Gasteiger partial charge in [0.05, 0.1) is 16.9 Å². The predicted molar refractivity (Wildman–Crippen MR) is 98.3 cm³/mol. The summed E-state index contributed by atoms with van der Waals surface area (Å²) in [7, 11) is -3.89. The molecule has 0 fully saturated rings. The third kappa shape index (κ3) is 5.23. The Kier molecular flexibility index (Phi) is 6.11. The topological polar surface area (TPSA) is 110 Å². The molecule has 0 heterocycles. The molecule has 0 atom stereocenters. The largest absolute Gasteiger partial charge is 0.350 e. The Morgan fingerprint density at radius 2 is 1.93 bits per heavy atom. The predicted octanol–water partition coefficient (Wildman–Crippen LogP) is 2.12. The van der Waals surface area contributed by atoms with Gasteiger partial charge in [0.2, 0.25) is 15.9 Å². The number of halogens is 1. The van der Waals surface area contributed by atoms with Crippen molar-refractivity contribution in [2.75, 3.05) is 17.1 Å². The van der Waals surface area contributed by atoms with Crippen LogP contribution in [0.25, 0.3) is 0 Å². The number of carbonyl (C=O) groups is 1. The molecule has 0 radical (unpaired) electrons. The zero-order valence-corrected chi connectivity index (χ0v) is 15.5. The number of aryl methyl sites for hydroxylation is 1. The quantitative estimate of drug-likeness (QED) is 0.570. The molecule has 27 heavy (non-hydrogen) atoms. The van der Waals surface area contributed by atoms with Gasteiger partial charge in [-0.25, -0.2) is 12.8 Å². The molecule has 10 heteroatoms. The highest BCUT2D eigenvalue weighted by Crippen LogP contribution is 2.27. The molecule has 2 aromatic carbocycles. The number of nitrogens with one attached hydrogen (secondary N) is 1. The number of nitro groups is 1. The number of non-ortho nitro benzene ring substituents is 1. The third-order valence-corrected chi connectivity index (χ3v) is 4.92. The second-order valence-electron chi connectivity index (χ2n) is 5.87. The monoisotopic (exact) mass is 395 g/mol. The van der Waals surface area contributed by atoms with Gasteiger partial charge in [0, 0.05) is 24.2 Å². The summed E-state index contributed by atoms with van der Waals surface area (Å²) in [6.45, 7) is 0.876. The molecule has 8 nitrogen and oxygen atoms in total. The number of hydrogen-bond acceptors (Lipinski definition) is 5. The summed E-state index contributed by atoms with van der Waals surface area (Å²) in [5, 5.41) is 13.4. The lowest BCUT2D eigenvalue weighted by Crippen LogP contribution is -2.40. The van der Waals surface area contributed by atoms with E-state index in [1.807, 2.05) is 0 Å². The molecular weight excluding hydrogens is 377 g/mol. The van der Waals surface area contributed by atoms with E-state index in [-0.39, 0.29) is 23.5 Å². The Hall–Kier alpha value is -3.01. The minimum Gasteiger partial charge on any atom is -0.350 e. The maximum Gasteiger partial charge on any atom is 0.271 e. The van der Waals surface area contributed by atoms with E-state index in [0.717, 1.165) is 16.6 Å². The fourth-order valence-corrected chi connectivity index (χ4v) is 3.29. The second kappa shape index (κ2) is 8.12. The van der Waals surface area contributed by atoms with Crippen LogP contribution in [0.15, 0.2) is 42.5 Å². The van der Waals surface area contributed by atoms with Crippen LogP contribution in [-0.4, -0.2) is 32.0 Å². The number of hydrogen-bond donors (Lipinski definition) is 1. The van der Waals surface area contributed by atoms with Gasteiger partial charge in [-0.3, -0.25) is 19.2 Å². The lowest BCUT2D eigenvalue weighted by atomic mass is 10.2. The number of nitrogens with zero attached hydrogens (tertiary/aromatic N) is 2. The van der Waals surface area contributed by atoms with E-state index in [4.69, 9.17) is 0 Å². The molecule has 1 amide bonds. The van der Waals surface area contributed by atoms with Crippen LogP contribution in [0.1, 0.15) is 11.1 Å². The molecule has 0 aliphatic carbocycles. The summed E-state index contributed by atoms with van der Waals surface area (Å²) >= 11 is 0. The van der Waals surface area contributed by atoms with Gasteiger partial charge in [-0.05, 0) is 18.6 Å². The Morgan fingerprint density at radius 3 is 2.52 bits per heavy atom. The van der Waals surface area contributed by atoms with Gasteiger partial charge < -0.3 is 5.32 Å². The molecule has 144 valence electrons. The minimum absolute atomic E-state index is 0.0349. The molecular formula is C17H18FN3O5S. The van der Waals surface area contributed by atoms with Gasteiger partial charge >= 0.3 is 0 Å². The average Bonchev–Trinajstić information content (AvgIpc) is 2.58. The van der Waals surface area contributed by atoms with E-state index in [9.17, 15) is 27.7 Å². The van der Waals surface area contributed by atoms with Crippen molar-refractivity contribution >= 4 is 27.3 Å². The zero-order valence-electron chi connectivity index (χ0n) is 14.7. The molecule has 2 aromatic rings. The Labute approximate surface area is 155 Å². The maximum absolute atomic E-state index is 13.6. The molecule has 0 aliphatic rings. The van der Waals surface area contributed by atoms with E-state index in [1.165, 1.54) is 30.3 Å². The van der Waals surface area contributed by atoms with Gasteiger partial charge in [0.15, 0.2) is 0 Å². The summed E-state index contributed by atoms with van der Waals surface area (Å²) in [6.07, 6.45) is 0.898. The van der Waals surface area contributed by atoms with E-state index in [2.05, 4.69) is 5.32 Å². The van der Waals surface area contributed by atoms with Gasteiger partial charge in [-0.15, -0.1) is 0 Å². The fourth-order valence-electron chi connectivity index (χ4n) is 2.38. The van der Waals surface area contributed by atoms with Gasteiger partial charge in [0.25, 0.3) is 5.69 Å². The van der Waals surface area contributed by atoms with Gasteiger partial charge in [-0.1, -0.05) is 24.3 Å². The second-order valence-corrected chi connectivity index (χ2v) is 7.77. The van der Waals surface area contributed by atoms with Crippen LogP contribution in [-0.2, 0) is 21.4 Å². The van der Waals surface area contributed by atoms with Crippen molar-refractivity contribution in [1.29, 1.82) is 0 Å². The summed E-state index contributed by atoms with van der Waals surface area (Å²) in [5.41, 5.74) is 0.444. The minimum atomic E-state index is -3.89. The standard InChI is InChI=1S/C17H18FN3O5S/c1-12-7-8-14(21(23)24)9-16(12)20(27(2,25)26)11-17(22)19-10-13-5-3-4-6-15(13)18/h3-9H,10-11H2,1-2H3,(H,19,22). The van der Waals surface area contributed by atoms with E-state index >= 15 is 0 Å². The van der Waals surface area contributed by atoms with Crippen LogP contribution in [0.5, 0.6) is 0 Å². The number of benzene rings is 2. The van der Waals surface area contributed by atoms with Crippen molar-refractivity contribution in [3.8, 4) is 0 Å². The highest BCUT2D eigenvalue weighted by atomic mass is 32.2. The molecule has 0 unspecified atom stereocenters. The van der Waals surface area contributed by atoms with Crippen LogP contribution in [0.4, 0.5) is 15.8 Å². The van der Waals surface area contributed by atoms with Crippen LogP contribution in [0.2, 0.25) is 0 Å². The number of carbonyl (C=O) groups excluding carboxylic acids is 1. The Bertz CT molecular complexity index is 978. The number of amides is 1. The molecule has 0 bridgehead atoms. The number of rotatable bonds is 7. The lowest BCUT2D eigenvalue weighted by Gasteiger charge is -2.23. The van der Waals surface area contributed by atoms with E-state index in [0.29, 0.717) is 5.56 Å². The third-order valence-electron chi connectivity index (χ3n) is 3.79. The van der Waals surface area contributed by atoms with Crippen molar-refractivity contribution in [2.45, 2.75) is 13.5 Å². The molecule has 0 saturated heterocycles. The summed E-state index contributed by atoms with van der Waals surface area (Å²) in [6, 6.07) is 9.61. The lowest BCUT2D eigenvalue weighted by molar-refractivity contribution is -0.384. The zero-order chi connectivity index (χ0) is 20.2. The Balaban J connectivity index is 2.23. The first-order chi connectivity index (χ1) is 12.6. The average molecular weight is 395 g/mol. The van der Waals surface area contributed by atoms with Crippen molar-refractivity contribution in [3.05, 3.63) is 69.5 Å². The summed E-state index contributed by atoms with van der Waals surface area (Å²) < 4.78 is 38.7. The first-order valence-electron chi connectivity index (χ1n) is 7.82. The molecule has 1 N–H and O–H groups in total. The summed E-state index contributed by atoms with van der Waals surface area (Å²) in [5.74, 6) is -1.16. The van der Waals surface area contributed by atoms with Crippen molar-refractivity contribution in [3.63, 3.8) is 0 Å². The van der Waals surface area contributed by atoms with Gasteiger partial charge in [-0.2, -0.15) is 0 Å². The number of anilines is 1. The first kappa shape index (κ1) is 20.3. The normalized spacial score (nSPS) is 11.1. The number of sulfonamides is 1. The molecule has 0 aromatic heterocycles. The smallest absolute Gasteiger partial charge is 0.271 e. The van der Waals surface area contributed by atoms with Crippen LogP contribution in [0.3, 0.4) is 0 Å². The van der Waals surface area contributed by atoms with Gasteiger partial charge in [0.1, 0.15) is 12.4 Å². The van der Waals surface area contributed by atoms with Crippen molar-refractivity contribution in [2.24, 2.45) is 0 Å². The molecule has 2 rings (SSSR count). The maximum atomic E-state index is 13.6. The van der Waals surface area contributed by atoms with Crippen LogP contribution >= 0.6 is 0 Å². The highest BCUT2D eigenvalue weighted by molar-refractivity contribution is 7.92.